The van der Waals surface area contributed by atoms with Crippen molar-refractivity contribution in [2.45, 2.75) is 101 Å². The van der Waals surface area contributed by atoms with Crippen molar-refractivity contribution < 1.29 is 57.6 Å². The summed E-state index contributed by atoms with van der Waals surface area (Å²) in [5.41, 5.74) is -0.119. The first-order valence-electron chi connectivity index (χ1n) is 22.9. The number of carboxylic acid groups (broad SMARTS) is 1. The molecule has 0 unspecified atom stereocenters. The monoisotopic (exact) mass is 1420 g/mol. The molecule has 0 saturated heterocycles. The molecule has 3 aromatic carbocycles. The number of aryl methyl sites for hydroxylation is 1. The maximum atomic E-state index is 12.2. The quantitative estimate of drug-likeness (QED) is 0.0359. The van der Waals surface area contributed by atoms with E-state index in [1.165, 1.54) is 71.8 Å². The average Bonchev–Trinajstić information content (AvgIpc) is 4.15. The highest BCUT2D eigenvalue weighted by Gasteiger charge is 2.23. The molecule has 0 atom stereocenters. The molecule has 0 radical (unpaired) electrons. The van der Waals surface area contributed by atoms with E-state index in [1.807, 2.05) is 81.4 Å². The van der Waals surface area contributed by atoms with Gasteiger partial charge in [0.25, 0.3) is 0 Å². The lowest BCUT2D eigenvalue weighted by Crippen LogP contribution is -2.23. The molecule has 0 spiro atoms. The molecule has 12 nitrogen and oxygen atoms in total. The van der Waals surface area contributed by atoms with Crippen LogP contribution in [0.2, 0.25) is 30.1 Å². The van der Waals surface area contributed by atoms with E-state index < -0.39 is 22.8 Å². The number of methoxy groups -OCH3 is 2. The van der Waals surface area contributed by atoms with E-state index in [2.05, 4.69) is 32.1 Å². The fourth-order valence-electron chi connectivity index (χ4n) is 5.52. The molecule has 0 aliphatic heterocycles. The van der Waals surface area contributed by atoms with Gasteiger partial charge in [-0.3, -0.25) is 14.4 Å². The van der Waals surface area contributed by atoms with Crippen LogP contribution in [0.3, 0.4) is 0 Å². The van der Waals surface area contributed by atoms with Gasteiger partial charge in [0.15, 0.2) is 0 Å². The van der Waals surface area contributed by atoms with Crippen molar-refractivity contribution in [1.82, 2.24) is 0 Å². The number of hydrogen-bond donors (Lipinski definition) is 1. The summed E-state index contributed by atoms with van der Waals surface area (Å²) in [6.07, 6.45) is 0. The number of hydrogen-bond acceptors (Lipinski definition) is 17. The first-order valence-corrected chi connectivity index (χ1v) is 31.7. The Hall–Kier alpha value is -2.90. The molecular weight excluding hydrogens is 1370 g/mol. The summed E-state index contributed by atoms with van der Waals surface area (Å²) in [7, 11) is 2.69. The summed E-state index contributed by atoms with van der Waals surface area (Å²) >= 11 is 47.0. The SMILES string of the molecule is CC(C)(C)OC(=O)c1ccc(-c2cc(Cl)c(SCC(=O)O)cc2Cl)s1.COC(=O)CSc1cc(Cl)c(-c2ccc(C(=O)OC(C)(C)C)s2)cc1Cl.COC(=O)CSc1cc(Cl)c(I)cc1Cl.Cc1ccc(C(=O)OC(C)(C)C)s1. The van der Waals surface area contributed by atoms with Gasteiger partial charge in [-0.25, -0.2) is 14.4 Å². The van der Waals surface area contributed by atoms with Crippen molar-refractivity contribution in [1.29, 1.82) is 0 Å². The number of rotatable bonds is 14. The highest BCUT2D eigenvalue weighted by molar-refractivity contribution is 14.1. The molecule has 25 heteroatoms. The zero-order chi connectivity index (χ0) is 59.7. The second-order valence-electron chi connectivity index (χ2n) is 18.9. The number of carboxylic acids is 1. The highest BCUT2D eigenvalue weighted by Crippen LogP contribution is 2.42. The summed E-state index contributed by atoms with van der Waals surface area (Å²) < 4.78 is 26.0. The first kappa shape index (κ1) is 70.4. The Morgan fingerprint density at radius 2 is 0.810 bits per heavy atom. The van der Waals surface area contributed by atoms with Gasteiger partial charge < -0.3 is 28.8 Å². The van der Waals surface area contributed by atoms with E-state index in [0.717, 1.165) is 40.4 Å². The van der Waals surface area contributed by atoms with Gasteiger partial charge in [-0.05, 0) is 165 Å². The van der Waals surface area contributed by atoms with Crippen LogP contribution in [-0.4, -0.2) is 89.2 Å². The van der Waals surface area contributed by atoms with Crippen LogP contribution < -0.4 is 0 Å². The van der Waals surface area contributed by atoms with Gasteiger partial charge in [-0.1, -0.05) is 69.6 Å². The maximum absolute atomic E-state index is 12.2. The summed E-state index contributed by atoms with van der Waals surface area (Å²) in [5.74, 6) is -2.27. The third-order valence-electron chi connectivity index (χ3n) is 8.80. The minimum Gasteiger partial charge on any atom is -0.481 e. The van der Waals surface area contributed by atoms with Crippen molar-refractivity contribution in [2.24, 2.45) is 0 Å². The van der Waals surface area contributed by atoms with Gasteiger partial charge in [0.1, 0.15) is 31.4 Å². The van der Waals surface area contributed by atoms with Crippen molar-refractivity contribution in [3.05, 3.63) is 126 Å². The second-order valence-corrected chi connectivity index (χ2v) is 29.0. The lowest BCUT2D eigenvalue weighted by atomic mass is 10.2. The number of aliphatic carboxylic acids is 1. The molecule has 0 fully saturated rings. The molecule has 79 heavy (non-hydrogen) atoms. The summed E-state index contributed by atoms with van der Waals surface area (Å²) in [6.45, 7) is 18.5. The Kier molecular flexibility index (Phi) is 28.7. The lowest BCUT2D eigenvalue weighted by molar-refractivity contribution is -0.138. The molecule has 3 heterocycles. The smallest absolute Gasteiger partial charge is 0.348 e. The van der Waals surface area contributed by atoms with Crippen LogP contribution in [0.5, 0.6) is 0 Å². The molecule has 6 aromatic rings. The van der Waals surface area contributed by atoms with Crippen molar-refractivity contribution >= 4 is 197 Å². The molecular formula is C54H55Cl6IO12S6. The van der Waals surface area contributed by atoms with Crippen LogP contribution in [0.1, 0.15) is 96.2 Å². The number of ether oxygens (including phenoxy) is 5. The van der Waals surface area contributed by atoms with E-state index in [9.17, 15) is 28.8 Å². The molecule has 0 aliphatic carbocycles. The molecule has 0 bridgehead atoms. The minimum atomic E-state index is -0.929. The van der Waals surface area contributed by atoms with Crippen LogP contribution in [0, 0.1) is 10.5 Å². The lowest BCUT2D eigenvalue weighted by Gasteiger charge is -2.18. The normalized spacial score (nSPS) is 11.1. The predicted molar refractivity (Wildman–Crippen MR) is 337 cm³/mol. The molecule has 0 aliphatic rings. The van der Waals surface area contributed by atoms with Crippen molar-refractivity contribution in [3.8, 4) is 20.9 Å². The fraction of sp³-hybridized carbons (Fsp3) is 0.333. The van der Waals surface area contributed by atoms with Gasteiger partial charge in [0.05, 0.1) is 61.6 Å². The molecule has 3 aromatic heterocycles. The Labute approximate surface area is 528 Å². The molecule has 428 valence electrons. The highest BCUT2D eigenvalue weighted by atomic mass is 127. The summed E-state index contributed by atoms with van der Waals surface area (Å²) in [5, 5.41) is 11.8. The largest absolute Gasteiger partial charge is 0.481 e. The standard InChI is InChI=1S/C18H18Cl2O4S2.C17H16Cl2O4S2.C10H14O2S.C9H7Cl2IO2S/c1-18(2,3)24-17(22)14-6-5-13(26-14)10-7-12(20)15(8-11(10)19)25-9-16(21)23-4;1-17(2,3)23-16(22)13-5-4-12(25-13)9-6-11(19)14(7-10(9)18)24-8-15(20)21;1-7-5-6-8(13-7)9(11)12-10(2,3)4;1-14-9(13)4-15-8-3-5(10)7(12)2-6(8)11/h5-8H,9H2,1-4H3;4-7H,8H2,1-3H3,(H,20,21);5-6H,1-4H3;2-3H,4H2,1H3. The van der Waals surface area contributed by atoms with Crippen molar-refractivity contribution in [3.63, 3.8) is 0 Å². The molecule has 0 saturated carbocycles. The van der Waals surface area contributed by atoms with E-state index in [0.29, 0.717) is 60.1 Å². The average molecular weight is 1430 g/mol. The summed E-state index contributed by atoms with van der Waals surface area (Å²) in [6, 6.07) is 21.0. The molecule has 6 rings (SSSR count). The Morgan fingerprint density at radius 1 is 0.481 bits per heavy atom. The topological polar surface area (TPSA) is 169 Å². The van der Waals surface area contributed by atoms with Gasteiger partial charge in [0, 0.05) is 44.0 Å². The Morgan fingerprint density at radius 3 is 1.14 bits per heavy atom. The number of esters is 5. The number of thiophene rings is 3. The minimum absolute atomic E-state index is 0.100. The second kappa shape index (κ2) is 32.2. The molecule has 1 N–H and O–H groups in total. The van der Waals surface area contributed by atoms with Gasteiger partial charge in [-0.2, -0.15) is 0 Å². The molecule has 0 amide bonds. The third kappa shape index (κ3) is 25.2. The maximum Gasteiger partial charge on any atom is 0.348 e. The number of halogens is 7. The van der Waals surface area contributed by atoms with Crippen LogP contribution in [-0.2, 0) is 38.1 Å². The third-order valence-corrected chi connectivity index (χ3v) is 18.5. The van der Waals surface area contributed by atoms with E-state index >= 15 is 0 Å². The van der Waals surface area contributed by atoms with E-state index in [1.54, 1.807) is 60.7 Å². The van der Waals surface area contributed by atoms with E-state index in [-0.39, 0.29) is 47.1 Å². The number of thioether (sulfide) groups is 3. The van der Waals surface area contributed by atoms with Crippen LogP contribution in [0.15, 0.2) is 87.5 Å². The number of carbonyl (C=O) groups excluding carboxylic acids is 5. The van der Waals surface area contributed by atoms with Gasteiger partial charge in [0.2, 0.25) is 0 Å². The Bertz CT molecular complexity index is 3120. The Balaban J connectivity index is 0.000000288. The van der Waals surface area contributed by atoms with Crippen LogP contribution in [0.4, 0.5) is 0 Å². The zero-order valence-corrected chi connectivity index (χ0v) is 56.2. The van der Waals surface area contributed by atoms with Crippen LogP contribution in [0.25, 0.3) is 20.9 Å². The first-order chi connectivity index (χ1) is 36.6. The van der Waals surface area contributed by atoms with Gasteiger partial charge in [-0.15, -0.1) is 69.3 Å². The fourth-order valence-corrected chi connectivity index (χ4v) is 13.0. The van der Waals surface area contributed by atoms with Crippen LogP contribution >= 0.6 is 161 Å². The number of carbonyl (C=O) groups is 6. The van der Waals surface area contributed by atoms with E-state index in [4.69, 9.17) is 88.9 Å². The van der Waals surface area contributed by atoms with Crippen molar-refractivity contribution in [2.75, 3.05) is 31.5 Å². The van der Waals surface area contributed by atoms with Gasteiger partial charge >= 0.3 is 35.8 Å². The predicted octanol–water partition coefficient (Wildman–Crippen LogP) is 18.7. The summed E-state index contributed by atoms with van der Waals surface area (Å²) in [4.78, 5) is 75.1. The zero-order valence-electron chi connectivity index (χ0n) is 44.6. The number of benzene rings is 3.